The van der Waals surface area contributed by atoms with Crippen molar-refractivity contribution in [2.45, 2.75) is 0 Å². The van der Waals surface area contributed by atoms with E-state index in [4.69, 9.17) is 23.2 Å². The Kier molecular flexibility index (Phi) is 5.91. The number of anilines is 2. The van der Waals surface area contributed by atoms with Crippen LogP contribution in [0.5, 0.6) is 0 Å². The standard InChI is InChI=1S/C20H13BrCl2N4OS/c21-12-3-5-16(6-4-12)27-19(11-17(26-27)18-2-1-7-29-18)25-20(28)24-15-9-13(22)8-14(23)10-15/h1-11H,(H2,24,25,28). The van der Waals surface area contributed by atoms with Crippen molar-refractivity contribution in [1.82, 2.24) is 9.78 Å². The van der Waals surface area contributed by atoms with Gasteiger partial charge >= 0.3 is 6.03 Å². The van der Waals surface area contributed by atoms with Crippen molar-refractivity contribution in [3.63, 3.8) is 0 Å². The lowest BCUT2D eigenvalue weighted by Gasteiger charge is -2.10. The Morgan fingerprint density at radius 1 is 1.00 bits per heavy atom. The summed E-state index contributed by atoms with van der Waals surface area (Å²) in [5.41, 5.74) is 2.08. The number of carbonyl (C=O) groups excluding carboxylic acids is 1. The van der Waals surface area contributed by atoms with Crippen LogP contribution in [0.2, 0.25) is 10.0 Å². The minimum Gasteiger partial charge on any atom is -0.308 e. The molecule has 0 atom stereocenters. The molecule has 2 heterocycles. The quantitative estimate of drug-likeness (QED) is 0.304. The molecule has 0 saturated heterocycles. The van der Waals surface area contributed by atoms with Crippen LogP contribution in [0.15, 0.2) is 70.5 Å². The lowest BCUT2D eigenvalue weighted by Crippen LogP contribution is -2.21. The van der Waals surface area contributed by atoms with Crippen LogP contribution in [0.1, 0.15) is 0 Å². The summed E-state index contributed by atoms with van der Waals surface area (Å²) in [6, 6.07) is 17.8. The van der Waals surface area contributed by atoms with Crippen molar-refractivity contribution >= 4 is 68.0 Å². The molecule has 9 heteroatoms. The first-order valence-electron chi connectivity index (χ1n) is 8.42. The molecule has 0 spiro atoms. The van der Waals surface area contributed by atoms with Gasteiger partial charge in [-0.2, -0.15) is 5.10 Å². The van der Waals surface area contributed by atoms with Crippen LogP contribution in [0.4, 0.5) is 16.3 Å². The molecule has 0 fully saturated rings. The SMILES string of the molecule is O=C(Nc1cc(Cl)cc(Cl)c1)Nc1cc(-c2cccs2)nn1-c1ccc(Br)cc1. The van der Waals surface area contributed by atoms with E-state index in [1.54, 1.807) is 34.2 Å². The minimum absolute atomic E-state index is 0.431. The predicted molar refractivity (Wildman–Crippen MR) is 124 cm³/mol. The van der Waals surface area contributed by atoms with Crippen molar-refractivity contribution < 1.29 is 4.79 Å². The summed E-state index contributed by atoms with van der Waals surface area (Å²) in [7, 11) is 0. The van der Waals surface area contributed by atoms with Gasteiger partial charge < -0.3 is 5.32 Å². The highest BCUT2D eigenvalue weighted by molar-refractivity contribution is 9.10. The number of thiophene rings is 1. The lowest BCUT2D eigenvalue weighted by molar-refractivity contribution is 0.262. The van der Waals surface area contributed by atoms with E-state index in [1.165, 1.54) is 0 Å². The summed E-state index contributed by atoms with van der Waals surface area (Å²) >= 11 is 17.0. The van der Waals surface area contributed by atoms with Gasteiger partial charge in [0.1, 0.15) is 11.5 Å². The van der Waals surface area contributed by atoms with E-state index in [1.807, 2.05) is 47.8 Å². The van der Waals surface area contributed by atoms with Crippen molar-refractivity contribution in [2.24, 2.45) is 0 Å². The van der Waals surface area contributed by atoms with Crippen LogP contribution in [0, 0.1) is 0 Å². The molecule has 146 valence electrons. The second-order valence-corrected chi connectivity index (χ2v) is 8.75. The highest BCUT2D eigenvalue weighted by Crippen LogP contribution is 2.29. The van der Waals surface area contributed by atoms with Crippen LogP contribution >= 0.6 is 50.5 Å². The zero-order valence-corrected chi connectivity index (χ0v) is 18.6. The van der Waals surface area contributed by atoms with E-state index in [9.17, 15) is 4.79 Å². The molecule has 0 radical (unpaired) electrons. The Labute approximate surface area is 189 Å². The maximum atomic E-state index is 12.6. The van der Waals surface area contributed by atoms with Gasteiger partial charge in [0, 0.05) is 26.3 Å². The number of urea groups is 1. The van der Waals surface area contributed by atoms with Crippen LogP contribution < -0.4 is 10.6 Å². The third kappa shape index (κ3) is 4.82. The molecule has 0 aliphatic heterocycles. The predicted octanol–water partition coefficient (Wildman–Crippen LogP) is 7.31. The molecule has 0 unspecified atom stereocenters. The largest absolute Gasteiger partial charge is 0.324 e. The number of rotatable bonds is 4. The van der Waals surface area contributed by atoms with Crippen LogP contribution in [0.25, 0.3) is 16.3 Å². The molecule has 0 aliphatic rings. The van der Waals surface area contributed by atoms with Gasteiger partial charge in [0.15, 0.2) is 0 Å². The second-order valence-electron chi connectivity index (χ2n) is 6.02. The molecule has 2 N–H and O–H groups in total. The number of nitrogens with one attached hydrogen (secondary N) is 2. The monoisotopic (exact) mass is 506 g/mol. The van der Waals surface area contributed by atoms with E-state index in [2.05, 4.69) is 31.7 Å². The highest BCUT2D eigenvalue weighted by Gasteiger charge is 2.15. The Balaban J connectivity index is 1.64. The smallest absolute Gasteiger partial charge is 0.308 e. The topological polar surface area (TPSA) is 59.0 Å². The fraction of sp³-hybridized carbons (Fsp3) is 0. The van der Waals surface area contributed by atoms with Gasteiger partial charge in [-0.05, 0) is 53.9 Å². The lowest BCUT2D eigenvalue weighted by atomic mass is 10.3. The summed E-state index contributed by atoms with van der Waals surface area (Å²) in [5.74, 6) is 0.529. The van der Waals surface area contributed by atoms with E-state index in [0.29, 0.717) is 21.6 Å². The van der Waals surface area contributed by atoms with Gasteiger partial charge in [0.05, 0.1) is 10.6 Å². The number of aromatic nitrogens is 2. The van der Waals surface area contributed by atoms with Gasteiger partial charge in [0.2, 0.25) is 0 Å². The highest BCUT2D eigenvalue weighted by atomic mass is 79.9. The molecule has 5 nitrogen and oxygen atoms in total. The molecule has 4 aromatic rings. The van der Waals surface area contributed by atoms with Gasteiger partial charge in [0.25, 0.3) is 0 Å². The number of carbonyl (C=O) groups is 1. The number of halogens is 3. The zero-order valence-electron chi connectivity index (χ0n) is 14.7. The van der Waals surface area contributed by atoms with Gasteiger partial charge in [-0.1, -0.05) is 45.2 Å². The Morgan fingerprint density at radius 2 is 1.72 bits per heavy atom. The average Bonchev–Trinajstić information content (AvgIpc) is 3.31. The summed E-state index contributed by atoms with van der Waals surface area (Å²) in [6.45, 7) is 0. The summed E-state index contributed by atoms with van der Waals surface area (Å²) in [4.78, 5) is 13.6. The Bertz CT molecular complexity index is 1140. The first-order valence-corrected chi connectivity index (χ1v) is 10.8. The second kappa shape index (κ2) is 8.59. The van der Waals surface area contributed by atoms with Crippen molar-refractivity contribution in [3.8, 4) is 16.3 Å². The number of benzene rings is 2. The fourth-order valence-corrected chi connectivity index (χ4v) is 4.17. The van der Waals surface area contributed by atoms with E-state index >= 15 is 0 Å². The van der Waals surface area contributed by atoms with Crippen LogP contribution in [-0.2, 0) is 0 Å². The zero-order chi connectivity index (χ0) is 20.4. The fourth-order valence-electron chi connectivity index (χ4n) is 2.70. The molecule has 2 aromatic heterocycles. The Morgan fingerprint density at radius 3 is 2.38 bits per heavy atom. The summed E-state index contributed by atoms with van der Waals surface area (Å²) in [6.07, 6.45) is 0. The van der Waals surface area contributed by atoms with Crippen LogP contribution in [0.3, 0.4) is 0 Å². The Hall–Kier alpha value is -2.32. The number of amides is 2. The number of nitrogens with zero attached hydrogens (tertiary/aromatic N) is 2. The first kappa shape index (κ1) is 20.0. The maximum Gasteiger partial charge on any atom is 0.324 e. The summed E-state index contributed by atoms with van der Waals surface area (Å²) < 4.78 is 2.64. The molecule has 0 bridgehead atoms. The average molecular weight is 508 g/mol. The van der Waals surface area contributed by atoms with Gasteiger partial charge in [-0.15, -0.1) is 11.3 Å². The first-order chi connectivity index (χ1) is 14.0. The third-order valence-corrected chi connectivity index (χ3v) is 5.77. The van der Waals surface area contributed by atoms with Gasteiger partial charge in [-0.25, -0.2) is 9.48 Å². The molecule has 2 aromatic carbocycles. The number of hydrogen-bond donors (Lipinski definition) is 2. The van der Waals surface area contributed by atoms with Crippen molar-refractivity contribution in [1.29, 1.82) is 0 Å². The molecule has 2 amide bonds. The molecule has 0 saturated carbocycles. The van der Waals surface area contributed by atoms with Crippen LogP contribution in [-0.4, -0.2) is 15.8 Å². The molecular weight excluding hydrogens is 495 g/mol. The minimum atomic E-state index is -0.431. The van der Waals surface area contributed by atoms with Crippen molar-refractivity contribution in [3.05, 3.63) is 80.6 Å². The molecular formula is C20H13BrCl2N4OS. The van der Waals surface area contributed by atoms with E-state index in [0.717, 1.165) is 20.7 Å². The van der Waals surface area contributed by atoms with E-state index in [-0.39, 0.29) is 0 Å². The molecule has 29 heavy (non-hydrogen) atoms. The normalized spacial score (nSPS) is 10.7. The van der Waals surface area contributed by atoms with Crippen molar-refractivity contribution in [2.75, 3.05) is 10.6 Å². The van der Waals surface area contributed by atoms with Gasteiger partial charge in [-0.3, -0.25) is 5.32 Å². The number of hydrogen-bond acceptors (Lipinski definition) is 3. The molecule has 0 aliphatic carbocycles. The van der Waals surface area contributed by atoms with E-state index < -0.39 is 6.03 Å². The maximum absolute atomic E-state index is 12.6. The summed E-state index contributed by atoms with van der Waals surface area (Å²) in [5, 5.41) is 13.1. The molecule has 4 rings (SSSR count). The third-order valence-electron chi connectivity index (χ3n) is 3.92.